The van der Waals surface area contributed by atoms with Gasteiger partial charge in [0.2, 0.25) is 5.95 Å². The highest BCUT2D eigenvalue weighted by Crippen LogP contribution is 2.23. The second-order valence-corrected chi connectivity index (χ2v) is 5.90. The van der Waals surface area contributed by atoms with E-state index in [1.54, 1.807) is 6.07 Å². The lowest BCUT2D eigenvalue weighted by Gasteiger charge is -2.30. The van der Waals surface area contributed by atoms with Crippen LogP contribution in [0.15, 0.2) is 10.7 Å². The highest BCUT2D eigenvalue weighted by atomic mass is 79.9. The molecule has 4 nitrogen and oxygen atoms in total. The highest BCUT2D eigenvalue weighted by molar-refractivity contribution is 9.10. The predicted molar refractivity (Wildman–Crippen MR) is 68.3 cm³/mol. The fourth-order valence-electron chi connectivity index (χ4n) is 1.56. The Hall–Kier alpha value is -0.490. The number of nitrogen functional groups attached to an aromatic ring is 1. The number of anilines is 2. The number of nitrogens with zero attached hydrogens (tertiary/aromatic N) is 3. The van der Waals surface area contributed by atoms with Gasteiger partial charge in [-0.25, -0.2) is 4.98 Å². The smallest absolute Gasteiger partial charge is 0.228 e. The molecule has 0 bridgehead atoms. The van der Waals surface area contributed by atoms with Crippen LogP contribution in [0, 0.1) is 0 Å². The summed E-state index contributed by atoms with van der Waals surface area (Å²) in [4.78, 5) is 10.8. The van der Waals surface area contributed by atoms with Crippen LogP contribution in [0.4, 0.5) is 11.8 Å². The van der Waals surface area contributed by atoms with Crippen LogP contribution in [-0.2, 0) is 0 Å². The maximum absolute atomic E-state index is 5.69. The molecule has 82 valence electrons. The summed E-state index contributed by atoms with van der Waals surface area (Å²) in [5.74, 6) is 2.36. The van der Waals surface area contributed by atoms with Gasteiger partial charge in [-0.05, 0) is 15.9 Å². The average Bonchev–Trinajstić information content (AvgIpc) is 2.16. The van der Waals surface area contributed by atoms with Crippen LogP contribution < -0.4 is 10.6 Å². The maximum atomic E-state index is 5.69. The summed E-state index contributed by atoms with van der Waals surface area (Å²) in [7, 11) is 0. The molecule has 0 radical (unpaired) electrons. The molecule has 0 saturated carbocycles. The number of thioether (sulfide) groups is 1. The van der Waals surface area contributed by atoms with E-state index in [2.05, 4.69) is 37.7 Å². The van der Waals surface area contributed by atoms with Crippen molar-refractivity contribution in [1.29, 1.82) is 0 Å². The number of hydrogen-bond donors (Lipinski definition) is 1. The molecule has 0 spiro atoms. The summed E-state index contributed by atoms with van der Waals surface area (Å²) in [5.41, 5.74) is 5.69. The molecular formula is C9H13BrN4S. The Balaban J connectivity index is 2.20. The molecular weight excluding hydrogens is 276 g/mol. The standard InChI is InChI=1S/C9H13BrN4S/c1-6-5-14(2-3-15-6)9-12-7(10)4-8(11)13-9/h4,6H,2-3,5H2,1H3,(H2,11,12,13). The van der Waals surface area contributed by atoms with Gasteiger partial charge in [0.05, 0.1) is 0 Å². The minimum absolute atomic E-state index is 0.512. The van der Waals surface area contributed by atoms with Crippen molar-refractivity contribution >= 4 is 39.5 Å². The third-order valence-electron chi connectivity index (χ3n) is 2.23. The SMILES string of the molecule is CC1CN(c2nc(N)cc(Br)n2)CCS1. The van der Waals surface area contributed by atoms with Gasteiger partial charge in [-0.3, -0.25) is 0 Å². The topological polar surface area (TPSA) is 55.0 Å². The first kappa shape index (κ1) is 11.0. The predicted octanol–water partition coefficient (Wildman–Crippen LogP) is 1.76. The van der Waals surface area contributed by atoms with Crippen LogP contribution >= 0.6 is 27.7 Å². The van der Waals surface area contributed by atoms with Crippen molar-refractivity contribution < 1.29 is 0 Å². The molecule has 0 aromatic carbocycles. The molecule has 2 N–H and O–H groups in total. The fraction of sp³-hybridized carbons (Fsp3) is 0.556. The lowest BCUT2D eigenvalue weighted by Crippen LogP contribution is -2.37. The molecule has 1 aliphatic heterocycles. The van der Waals surface area contributed by atoms with Crippen LogP contribution in [0.25, 0.3) is 0 Å². The van der Waals surface area contributed by atoms with E-state index in [1.807, 2.05) is 11.8 Å². The van der Waals surface area contributed by atoms with Crippen LogP contribution in [0.3, 0.4) is 0 Å². The first-order valence-electron chi connectivity index (χ1n) is 4.82. The number of nitrogens with two attached hydrogens (primary N) is 1. The van der Waals surface area contributed by atoms with Crippen LogP contribution in [0.5, 0.6) is 0 Å². The zero-order valence-electron chi connectivity index (χ0n) is 8.48. The van der Waals surface area contributed by atoms with Gasteiger partial charge in [-0.2, -0.15) is 16.7 Å². The van der Waals surface area contributed by atoms with Crippen molar-refractivity contribution in [1.82, 2.24) is 9.97 Å². The molecule has 2 rings (SSSR count). The van der Waals surface area contributed by atoms with Crippen molar-refractivity contribution in [3.63, 3.8) is 0 Å². The Morgan fingerprint density at radius 1 is 1.60 bits per heavy atom. The molecule has 1 aliphatic rings. The highest BCUT2D eigenvalue weighted by Gasteiger charge is 2.19. The Bertz CT molecular complexity index is 340. The molecule has 6 heteroatoms. The molecule has 1 saturated heterocycles. The average molecular weight is 289 g/mol. The van der Waals surface area contributed by atoms with Crippen molar-refractivity contribution in [2.24, 2.45) is 0 Å². The van der Waals surface area contributed by atoms with Crippen LogP contribution in [0.2, 0.25) is 0 Å². The van der Waals surface area contributed by atoms with Crippen LogP contribution in [-0.4, -0.2) is 34.1 Å². The Kier molecular flexibility index (Phi) is 3.35. The second-order valence-electron chi connectivity index (χ2n) is 3.54. The molecule has 1 unspecified atom stereocenters. The minimum atomic E-state index is 0.512. The largest absolute Gasteiger partial charge is 0.383 e. The molecule has 15 heavy (non-hydrogen) atoms. The molecule has 1 fully saturated rings. The number of halogens is 1. The van der Waals surface area contributed by atoms with Gasteiger partial charge in [0.1, 0.15) is 10.4 Å². The monoisotopic (exact) mass is 288 g/mol. The normalized spacial score (nSPS) is 21.7. The van der Waals surface area contributed by atoms with E-state index < -0.39 is 0 Å². The van der Waals surface area contributed by atoms with Crippen molar-refractivity contribution in [3.05, 3.63) is 10.7 Å². The van der Waals surface area contributed by atoms with E-state index in [-0.39, 0.29) is 0 Å². The lowest BCUT2D eigenvalue weighted by atomic mass is 10.4. The molecule has 1 atom stereocenters. The van der Waals surface area contributed by atoms with Gasteiger partial charge < -0.3 is 10.6 Å². The van der Waals surface area contributed by atoms with E-state index >= 15 is 0 Å². The van der Waals surface area contributed by atoms with E-state index in [1.165, 1.54) is 0 Å². The van der Waals surface area contributed by atoms with Gasteiger partial charge in [-0.15, -0.1) is 0 Å². The fourth-order valence-corrected chi connectivity index (χ4v) is 2.97. The van der Waals surface area contributed by atoms with Crippen molar-refractivity contribution in [2.75, 3.05) is 29.5 Å². The van der Waals surface area contributed by atoms with Crippen molar-refractivity contribution in [2.45, 2.75) is 12.2 Å². The van der Waals surface area contributed by atoms with Gasteiger partial charge in [0.15, 0.2) is 0 Å². The van der Waals surface area contributed by atoms with E-state index in [4.69, 9.17) is 5.73 Å². The van der Waals surface area contributed by atoms with Gasteiger partial charge in [0.25, 0.3) is 0 Å². The lowest BCUT2D eigenvalue weighted by molar-refractivity contribution is 0.754. The molecule has 0 aliphatic carbocycles. The zero-order valence-corrected chi connectivity index (χ0v) is 10.9. The van der Waals surface area contributed by atoms with E-state index in [9.17, 15) is 0 Å². The molecule has 2 heterocycles. The third kappa shape index (κ3) is 2.75. The Morgan fingerprint density at radius 3 is 3.07 bits per heavy atom. The summed E-state index contributed by atoms with van der Waals surface area (Å²) in [6, 6.07) is 1.71. The quantitative estimate of drug-likeness (QED) is 0.798. The Morgan fingerprint density at radius 2 is 2.40 bits per heavy atom. The van der Waals surface area contributed by atoms with Gasteiger partial charge in [-0.1, -0.05) is 6.92 Å². The van der Waals surface area contributed by atoms with Gasteiger partial charge in [0, 0.05) is 30.2 Å². The first-order valence-corrected chi connectivity index (χ1v) is 6.66. The molecule has 0 amide bonds. The first-order chi connectivity index (χ1) is 7.15. The number of aromatic nitrogens is 2. The van der Waals surface area contributed by atoms with Crippen molar-refractivity contribution in [3.8, 4) is 0 Å². The summed E-state index contributed by atoms with van der Waals surface area (Å²) < 4.78 is 0.746. The molecule has 1 aromatic rings. The second kappa shape index (κ2) is 4.57. The summed E-state index contributed by atoms with van der Waals surface area (Å²) in [5, 5.41) is 0.627. The maximum Gasteiger partial charge on any atom is 0.228 e. The van der Waals surface area contributed by atoms with E-state index in [0.29, 0.717) is 11.1 Å². The minimum Gasteiger partial charge on any atom is -0.383 e. The number of rotatable bonds is 1. The Labute approximate surface area is 102 Å². The molecule has 1 aromatic heterocycles. The van der Waals surface area contributed by atoms with Gasteiger partial charge >= 0.3 is 0 Å². The third-order valence-corrected chi connectivity index (χ3v) is 3.77. The summed E-state index contributed by atoms with van der Waals surface area (Å²) in [6.45, 7) is 4.20. The zero-order chi connectivity index (χ0) is 10.8. The van der Waals surface area contributed by atoms with E-state index in [0.717, 1.165) is 29.4 Å². The summed E-state index contributed by atoms with van der Waals surface area (Å²) in [6.07, 6.45) is 0. The number of hydrogen-bond acceptors (Lipinski definition) is 5. The van der Waals surface area contributed by atoms with Crippen LogP contribution in [0.1, 0.15) is 6.92 Å². The summed E-state index contributed by atoms with van der Waals surface area (Å²) >= 11 is 5.32.